The van der Waals surface area contributed by atoms with E-state index in [1.165, 1.54) is 30.3 Å². The van der Waals surface area contributed by atoms with Crippen LogP contribution in [0.5, 0.6) is 0 Å². The monoisotopic (exact) mass is 418 g/mol. The van der Waals surface area contributed by atoms with Gasteiger partial charge < -0.3 is 5.32 Å². The molecule has 0 fully saturated rings. The van der Waals surface area contributed by atoms with E-state index in [2.05, 4.69) is 5.32 Å². The van der Waals surface area contributed by atoms with Crippen LogP contribution in [0.1, 0.15) is 13.3 Å². The summed E-state index contributed by atoms with van der Waals surface area (Å²) < 4.78 is 38.7. The van der Waals surface area contributed by atoms with Crippen LogP contribution in [0.15, 0.2) is 42.5 Å². The molecule has 1 amide bonds. The third-order valence-electron chi connectivity index (χ3n) is 3.54. The Morgan fingerprint density at radius 3 is 2.15 bits per heavy atom. The molecule has 5 nitrogen and oxygen atoms in total. The van der Waals surface area contributed by atoms with Crippen LogP contribution < -0.4 is 9.62 Å². The van der Waals surface area contributed by atoms with Crippen LogP contribution in [0, 0.1) is 5.82 Å². The third kappa shape index (κ3) is 5.09. The number of hydrogen-bond acceptors (Lipinski definition) is 3. The highest BCUT2D eigenvalue weighted by molar-refractivity contribution is 7.92. The Balaban J connectivity index is 2.37. The topological polar surface area (TPSA) is 66.5 Å². The van der Waals surface area contributed by atoms with Gasteiger partial charge in [0.15, 0.2) is 0 Å². The zero-order valence-electron chi connectivity index (χ0n) is 14.0. The summed E-state index contributed by atoms with van der Waals surface area (Å²) in [5.41, 5.74) is 0.540. The van der Waals surface area contributed by atoms with Gasteiger partial charge in [0.25, 0.3) is 0 Å². The maximum atomic E-state index is 13.2. The lowest BCUT2D eigenvalue weighted by atomic mass is 10.1. The largest absolute Gasteiger partial charge is 0.324 e. The van der Waals surface area contributed by atoms with Crippen molar-refractivity contribution < 1.29 is 17.6 Å². The number of carbonyl (C=O) groups excluding carboxylic acids is 1. The van der Waals surface area contributed by atoms with Crippen molar-refractivity contribution in [3.05, 3.63) is 58.3 Å². The summed E-state index contributed by atoms with van der Waals surface area (Å²) in [6.45, 7) is 1.68. The fraction of sp³-hybridized carbons (Fsp3) is 0.235. The molecule has 1 N–H and O–H groups in total. The SMILES string of the molecule is CC[C@@H](C(=O)Nc1cc(Cl)cc(Cl)c1)N(c1ccc(F)cc1)S(C)(=O)=O. The fourth-order valence-corrected chi connectivity index (χ4v) is 4.24. The van der Waals surface area contributed by atoms with Crippen molar-refractivity contribution in [3.8, 4) is 0 Å². The van der Waals surface area contributed by atoms with E-state index in [0.29, 0.717) is 15.7 Å². The maximum Gasteiger partial charge on any atom is 0.248 e. The first kappa shape index (κ1) is 20.5. The minimum absolute atomic E-state index is 0.194. The van der Waals surface area contributed by atoms with Crippen LogP contribution in [-0.4, -0.2) is 26.6 Å². The summed E-state index contributed by atoms with van der Waals surface area (Å²) in [7, 11) is -3.80. The number of hydrogen-bond donors (Lipinski definition) is 1. The first-order valence-corrected chi connectivity index (χ1v) is 10.2. The number of rotatable bonds is 6. The van der Waals surface area contributed by atoms with E-state index in [1.807, 2.05) is 0 Å². The minimum atomic E-state index is -3.80. The van der Waals surface area contributed by atoms with Gasteiger partial charge in [-0.15, -0.1) is 0 Å². The minimum Gasteiger partial charge on any atom is -0.324 e. The van der Waals surface area contributed by atoms with E-state index in [0.717, 1.165) is 22.7 Å². The van der Waals surface area contributed by atoms with Crippen molar-refractivity contribution in [2.75, 3.05) is 15.9 Å². The van der Waals surface area contributed by atoms with E-state index in [9.17, 15) is 17.6 Å². The quantitative estimate of drug-likeness (QED) is 0.759. The average molecular weight is 419 g/mol. The Morgan fingerprint density at radius 1 is 1.15 bits per heavy atom. The van der Waals surface area contributed by atoms with E-state index in [-0.39, 0.29) is 12.1 Å². The smallest absolute Gasteiger partial charge is 0.248 e. The first-order chi connectivity index (χ1) is 12.1. The van der Waals surface area contributed by atoms with Gasteiger partial charge in [-0.2, -0.15) is 0 Å². The van der Waals surface area contributed by atoms with Crippen molar-refractivity contribution in [3.63, 3.8) is 0 Å². The lowest BCUT2D eigenvalue weighted by molar-refractivity contribution is -0.117. The summed E-state index contributed by atoms with van der Waals surface area (Å²) in [6.07, 6.45) is 1.19. The molecular weight excluding hydrogens is 402 g/mol. The molecule has 0 saturated heterocycles. The molecule has 2 aromatic rings. The van der Waals surface area contributed by atoms with Crippen LogP contribution in [-0.2, 0) is 14.8 Å². The molecule has 0 aromatic heterocycles. The molecule has 2 rings (SSSR count). The number of amides is 1. The van der Waals surface area contributed by atoms with Crippen molar-refractivity contribution in [1.82, 2.24) is 0 Å². The van der Waals surface area contributed by atoms with Gasteiger partial charge in [0.05, 0.1) is 11.9 Å². The van der Waals surface area contributed by atoms with Crippen molar-refractivity contribution >= 4 is 50.5 Å². The van der Waals surface area contributed by atoms with E-state index in [1.54, 1.807) is 6.92 Å². The highest BCUT2D eigenvalue weighted by atomic mass is 35.5. The van der Waals surface area contributed by atoms with Crippen molar-refractivity contribution in [2.24, 2.45) is 0 Å². The van der Waals surface area contributed by atoms with Crippen LogP contribution in [0.4, 0.5) is 15.8 Å². The Kier molecular flexibility index (Phi) is 6.49. The Bertz CT molecular complexity index is 884. The molecular formula is C17H17Cl2FN2O3S. The molecule has 2 aromatic carbocycles. The number of sulfonamides is 1. The van der Waals surface area contributed by atoms with Gasteiger partial charge in [-0.3, -0.25) is 9.10 Å². The van der Waals surface area contributed by atoms with Crippen molar-refractivity contribution in [2.45, 2.75) is 19.4 Å². The Hall–Kier alpha value is -1.83. The number of carbonyl (C=O) groups is 1. The number of nitrogens with one attached hydrogen (secondary N) is 1. The maximum absolute atomic E-state index is 13.2. The molecule has 0 aliphatic carbocycles. The lowest BCUT2D eigenvalue weighted by Crippen LogP contribution is -2.47. The second kappa shape index (κ2) is 8.24. The third-order valence-corrected chi connectivity index (χ3v) is 5.16. The van der Waals surface area contributed by atoms with Crippen LogP contribution in [0.25, 0.3) is 0 Å². The average Bonchev–Trinajstić information content (AvgIpc) is 2.51. The van der Waals surface area contributed by atoms with Crippen LogP contribution in [0.3, 0.4) is 0 Å². The van der Waals surface area contributed by atoms with Gasteiger partial charge in [-0.1, -0.05) is 30.1 Å². The molecule has 0 saturated carbocycles. The van der Waals surface area contributed by atoms with E-state index in [4.69, 9.17) is 23.2 Å². The number of nitrogens with zero attached hydrogens (tertiary/aromatic N) is 1. The van der Waals surface area contributed by atoms with Gasteiger partial charge in [0.1, 0.15) is 11.9 Å². The van der Waals surface area contributed by atoms with E-state index >= 15 is 0 Å². The number of anilines is 2. The van der Waals surface area contributed by atoms with Gasteiger partial charge >= 0.3 is 0 Å². The number of halogens is 3. The normalized spacial score (nSPS) is 12.5. The predicted octanol–water partition coefficient (Wildman–Crippen LogP) is 4.32. The fourth-order valence-electron chi connectivity index (χ4n) is 2.50. The second-order valence-corrected chi connectivity index (χ2v) is 8.34. The van der Waals surface area contributed by atoms with Gasteiger partial charge in [-0.05, 0) is 48.9 Å². The lowest BCUT2D eigenvalue weighted by Gasteiger charge is -2.30. The molecule has 0 aliphatic rings. The Labute approximate surface area is 161 Å². The van der Waals surface area contributed by atoms with E-state index < -0.39 is 27.8 Å². The summed E-state index contributed by atoms with van der Waals surface area (Å²) in [5, 5.41) is 3.29. The second-order valence-electron chi connectivity index (χ2n) is 5.61. The predicted molar refractivity (Wildman–Crippen MR) is 103 cm³/mol. The van der Waals surface area contributed by atoms with Gasteiger partial charge in [-0.25, -0.2) is 12.8 Å². The summed E-state index contributed by atoms with van der Waals surface area (Å²) >= 11 is 11.8. The summed E-state index contributed by atoms with van der Waals surface area (Å²) in [4.78, 5) is 12.7. The first-order valence-electron chi connectivity index (χ1n) is 7.63. The summed E-state index contributed by atoms with van der Waals surface area (Å²) in [6, 6.07) is 8.36. The Morgan fingerprint density at radius 2 is 1.69 bits per heavy atom. The van der Waals surface area contributed by atoms with Crippen LogP contribution in [0.2, 0.25) is 10.0 Å². The zero-order chi connectivity index (χ0) is 19.5. The zero-order valence-corrected chi connectivity index (χ0v) is 16.4. The molecule has 0 aliphatic heterocycles. The molecule has 26 heavy (non-hydrogen) atoms. The molecule has 0 spiro atoms. The van der Waals surface area contributed by atoms with Gasteiger partial charge in [0, 0.05) is 15.7 Å². The number of benzene rings is 2. The molecule has 0 radical (unpaired) electrons. The standard InChI is InChI=1S/C17H17Cl2FN2O3S/c1-3-16(17(23)21-14-9-11(18)8-12(19)10-14)22(26(2,24)25)15-6-4-13(20)5-7-15/h4-10,16H,3H2,1-2H3,(H,21,23)/t16-/m0/s1. The molecule has 1 atom stereocenters. The molecule has 0 heterocycles. The molecule has 0 bridgehead atoms. The molecule has 140 valence electrons. The highest BCUT2D eigenvalue weighted by Gasteiger charge is 2.31. The van der Waals surface area contributed by atoms with Crippen LogP contribution >= 0.6 is 23.2 Å². The van der Waals surface area contributed by atoms with Gasteiger partial charge in [0.2, 0.25) is 15.9 Å². The molecule has 0 unspecified atom stereocenters. The molecule has 9 heteroatoms. The highest BCUT2D eigenvalue weighted by Crippen LogP contribution is 2.26. The summed E-state index contributed by atoms with van der Waals surface area (Å²) in [5.74, 6) is -1.06. The van der Waals surface area contributed by atoms with Crippen molar-refractivity contribution in [1.29, 1.82) is 0 Å².